The zero-order valence-electron chi connectivity index (χ0n) is 16.0. The van der Waals surface area contributed by atoms with Gasteiger partial charge in [0.1, 0.15) is 11.5 Å². The van der Waals surface area contributed by atoms with Gasteiger partial charge in [-0.3, -0.25) is 4.79 Å². The number of rotatable bonds is 4. The van der Waals surface area contributed by atoms with E-state index in [1.165, 1.54) is 12.4 Å². The highest BCUT2D eigenvalue weighted by Gasteiger charge is 2.19. The molecule has 0 radical (unpaired) electrons. The molecule has 0 aliphatic heterocycles. The first kappa shape index (κ1) is 19.1. The van der Waals surface area contributed by atoms with Crippen LogP contribution >= 0.6 is 0 Å². The van der Waals surface area contributed by atoms with Crippen molar-refractivity contribution in [2.45, 2.75) is 26.2 Å². The van der Waals surface area contributed by atoms with Crippen molar-refractivity contribution in [1.29, 1.82) is 5.26 Å². The second-order valence-corrected chi connectivity index (χ2v) is 7.35. The number of amides is 1. The standard InChI is InChI=1S/C22H21N5O/c1-22(2,3)17-9-4-5-10-18(17)27-21(28)19-13-25-20(14-24-19)26-16-8-6-7-15(11-16)12-23/h4-11,13-14H,1-3H3,(H,25,26)(H,27,28). The van der Waals surface area contributed by atoms with E-state index in [1.807, 2.05) is 30.3 Å². The minimum absolute atomic E-state index is 0.0959. The van der Waals surface area contributed by atoms with Crippen molar-refractivity contribution < 1.29 is 4.79 Å². The van der Waals surface area contributed by atoms with E-state index in [0.717, 1.165) is 16.9 Å². The molecule has 0 bridgehead atoms. The lowest BCUT2D eigenvalue weighted by Gasteiger charge is -2.22. The van der Waals surface area contributed by atoms with Gasteiger partial charge in [-0.15, -0.1) is 0 Å². The van der Waals surface area contributed by atoms with Gasteiger partial charge in [-0.2, -0.15) is 5.26 Å². The van der Waals surface area contributed by atoms with Crippen LogP contribution in [0.5, 0.6) is 0 Å². The third-order valence-corrected chi connectivity index (χ3v) is 4.13. The Hall–Kier alpha value is -3.72. The summed E-state index contributed by atoms with van der Waals surface area (Å²) < 4.78 is 0. The number of hydrogen-bond acceptors (Lipinski definition) is 5. The summed E-state index contributed by atoms with van der Waals surface area (Å²) in [5.41, 5.74) is 3.21. The van der Waals surface area contributed by atoms with Crippen molar-refractivity contribution >= 4 is 23.1 Å². The highest BCUT2D eigenvalue weighted by molar-refractivity contribution is 6.03. The molecule has 3 rings (SSSR count). The van der Waals surface area contributed by atoms with Crippen molar-refractivity contribution in [2.24, 2.45) is 0 Å². The summed E-state index contributed by atoms with van der Waals surface area (Å²) in [6.45, 7) is 6.29. The number of hydrogen-bond donors (Lipinski definition) is 2. The van der Waals surface area contributed by atoms with E-state index in [2.05, 4.69) is 47.4 Å². The highest BCUT2D eigenvalue weighted by atomic mass is 16.1. The first-order chi connectivity index (χ1) is 13.4. The summed E-state index contributed by atoms with van der Waals surface area (Å²) in [6.07, 6.45) is 2.91. The summed E-state index contributed by atoms with van der Waals surface area (Å²) in [7, 11) is 0. The van der Waals surface area contributed by atoms with Crippen LogP contribution in [0.4, 0.5) is 17.2 Å². The summed E-state index contributed by atoms with van der Waals surface area (Å²) >= 11 is 0. The first-order valence-corrected chi connectivity index (χ1v) is 8.87. The van der Waals surface area contributed by atoms with Crippen LogP contribution in [-0.2, 0) is 5.41 Å². The van der Waals surface area contributed by atoms with Crippen LogP contribution < -0.4 is 10.6 Å². The van der Waals surface area contributed by atoms with Gasteiger partial charge in [0, 0.05) is 11.4 Å². The second kappa shape index (κ2) is 7.89. The molecular formula is C22H21N5O. The number of para-hydroxylation sites is 1. The molecule has 140 valence electrons. The Bertz CT molecular complexity index is 1030. The minimum Gasteiger partial charge on any atom is -0.339 e. The Labute approximate surface area is 164 Å². The molecule has 6 nitrogen and oxygen atoms in total. The normalized spacial score (nSPS) is 10.8. The summed E-state index contributed by atoms with van der Waals surface area (Å²) in [6, 6.07) is 16.9. The third-order valence-electron chi connectivity index (χ3n) is 4.13. The Morgan fingerprint density at radius 3 is 2.50 bits per heavy atom. The number of anilines is 3. The monoisotopic (exact) mass is 371 g/mol. The molecule has 1 heterocycles. The molecule has 28 heavy (non-hydrogen) atoms. The molecule has 0 aliphatic rings. The average molecular weight is 371 g/mol. The number of aromatic nitrogens is 2. The predicted molar refractivity (Wildman–Crippen MR) is 110 cm³/mol. The van der Waals surface area contributed by atoms with Crippen molar-refractivity contribution in [3.8, 4) is 6.07 Å². The highest BCUT2D eigenvalue weighted by Crippen LogP contribution is 2.29. The van der Waals surface area contributed by atoms with Gasteiger partial charge in [0.05, 0.1) is 24.0 Å². The molecule has 3 aromatic rings. The Balaban J connectivity index is 1.73. The zero-order valence-corrected chi connectivity index (χ0v) is 16.0. The first-order valence-electron chi connectivity index (χ1n) is 8.87. The largest absolute Gasteiger partial charge is 0.339 e. The number of carbonyl (C=O) groups excluding carboxylic acids is 1. The van der Waals surface area contributed by atoms with Gasteiger partial charge in [-0.1, -0.05) is 45.0 Å². The van der Waals surface area contributed by atoms with E-state index in [9.17, 15) is 4.79 Å². The smallest absolute Gasteiger partial charge is 0.275 e. The van der Waals surface area contributed by atoms with E-state index < -0.39 is 0 Å². The lowest BCUT2D eigenvalue weighted by atomic mass is 9.86. The molecule has 1 aromatic heterocycles. The predicted octanol–water partition coefficient (Wildman–Crippen LogP) is 4.64. The number of nitrogens with zero attached hydrogens (tertiary/aromatic N) is 3. The van der Waals surface area contributed by atoms with Gasteiger partial charge in [0.2, 0.25) is 0 Å². The van der Waals surface area contributed by atoms with E-state index in [1.54, 1.807) is 18.2 Å². The van der Waals surface area contributed by atoms with E-state index in [-0.39, 0.29) is 17.0 Å². The quantitative estimate of drug-likeness (QED) is 0.697. The summed E-state index contributed by atoms with van der Waals surface area (Å²) in [5, 5.41) is 15.0. The van der Waals surface area contributed by atoms with Crippen LogP contribution in [0.15, 0.2) is 60.9 Å². The number of benzene rings is 2. The van der Waals surface area contributed by atoms with Gasteiger partial charge < -0.3 is 10.6 Å². The SMILES string of the molecule is CC(C)(C)c1ccccc1NC(=O)c1cnc(Nc2cccc(C#N)c2)cn1. The van der Waals surface area contributed by atoms with Gasteiger partial charge in [-0.25, -0.2) is 9.97 Å². The van der Waals surface area contributed by atoms with Crippen LogP contribution in [0.1, 0.15) is 42.4 Å². The summed E-state index contributed by atoms with van der Waals surface area (Å²) in [4.78, 5) is 21.0. The van der Waals surface area contributed by atoms with E-state index in [0.29, 0.717) is 11.4 Å². The van der Waals surface area contributed by atoms with Crippen LogP contribution in [-0.4, -0.2) is 15.9 Å². The second-order valence-electron chi connectivity index (χ2n) is 7.35. The lowest BCUT2D eigenvalue weighted by molar-refractivity contribution is 0.102. The third kappa shape index (κ3) is 4.51. The van der Waals surface area contributed by atoms with Crippen molar-refractivity contribution in [1.82, 2.24) is 9.97 Å². The summed E-state index contributed by atoms with van der Waals surface area (Å²) in [5.74, 6) is 0.170. The molecule has 6 heteroatoms. The average Bonchev–Trinajstić information content (AvgIpc) is 2.68. The Morgan fingerprint density at radius 1 is 1.04 bits per heavy atom. The minimum atomic E-state index is -0.317. The molecule has 2 N–H and O–H groups in total. The van der Waals surface area contributed by atoms with Crippen LogP contribution in [0.2, 0.25) is 0 Å². The van der Waals surface area contributed by atoms with E-state index >= 15 is 0 Å². The maximum atomic E-state index is 12.6. The van der Waals surface area contributed by atoms with Gasteiger partial charge >= 0.3 is 0 Å². The molecule has 0 fully saturated rings. The number of nitrogens with one attached hydrogen (secondary N) is 2. The molecule has 2 aromatic carbocycles. The lowest BCUT2D eigenvalue weighted by Crippen LogP contribution is -2.19. The van der Waals surface area contributed by atoms with Crippen molar-refractivity contribution in [2.75, 3.05) is 10.6 Å². The van der Waals surface area contributed by atoms with Crippen LogP contribution in [0.3, 0.4) is 0 Å². The molecular weight excluding hydrogens is 350 g/mol. The number of carbonyl (C=O) groups is 1. The molecule has 0 spiro atoms. The number of nitriles is 1. The Morgan fingerprint density at radius 2 is 1.82 bits per heavy atom. The van der Waals surface area contributed by atoms with Crippen LogP contribution in [0, 0.1) is 11.3 Å². The van der Waals surface area contributed by atoms with Crippen LogP contribution in [0.25, 0.3) is 0 Å². The molecule has 0 saturated carbocycles. The molecule has 0 atom stereocenters. The van der Waals surface area contributed by atoms with Gasteiger partial charge in [0.15, 0.2) is 0 Å². The zero-order chi connectivity index (χ0) is 20.1. The topological polar surface area (TPSA) is 90.7 Å². The maximum absolute atomic E-state index is 12.6. The fourth-order valence-corrected chi connectivity index (χ4v) is 2.76. The molecule has 0 aliphatic carbocycles. The van der Waals surface area contributed by atoms with Crippen molar-refractivity contribution in [3.05, 3.63) is 77.7 Å². The van der Waals surface area contributed by atoms with E-state index in [4.69, 9.17) is 5.26 Å². The fourth-order valence-electron chi connectivity index (χ4n) is 2.76. The van der Waals surface area contributed by atoms with Crippen molar-refractivity contribution in [3.63, 3.8) is 0 Å². The Kier molecular flexibility index (Phi) is 5.37. The molecule has 0 unspecified atom stereocenters. The molecule has 0 saturated heterocycles. The fraction of sp³-hybridized carbons (Fsp3) is 0.182. The van der Waals surface area contributed by atoms with Gasteiger partial charge in [-0.05, 0) is 35.2 Å². The molecule has 1 amide bonds. The maximum Gasteiger partial charge on any atom is 0.275 e. The van der Waals surface area contributed by atoms with Gasteiger partial charge in [0.25, 0.3) is 5.91 Å².